The minimum absolute atomic E-state index is 0.0736. The molecule has 4 aromatic carbocycles. The molecule has 0 fully saturated rings. The van der Waals surface area contributed by atoms with Crippen molar-refractivity contribution in [3.63, 3.8) is 0 Å². The molecule has 198 valence electrons. The standard InChI is InChI=1S/C31H29N3O4S/c1-2-37-25-18-14-24(15-19-25)32-30(36)27-10-6-7-11-28(27)33-31(39)34-29(35)23-12-16-26(17-13-23)38-21-20-22-8-4-3-5-9-22/h3-19H,2,20-21H2,1H3,(H,32,36)(H2,33,34,35,39). The van der Waals surface area contributed by atoms with E-state index in [0.717, 1.165) is 12.2 Å². The predicted octanol–water partition coefficient (Wildman–Crippen LogP) is 6.09. The van der Waals surface area contributed by atoms with Gasteiger partial charge < -0.3 is 20.1 Å². The second-order valence-corrected chi connectivity index (χ2v) is 8.88. The number of carbonyl (C=O) groups is 2. The fourth-order valence-electron chi connectivity index (χ4n) is 3.75. The second-order valence-electron chi connectivity index (χ2n) is 8.47. The maximum absolute atomic E-state index is 12.9. The summed E-state index contributed by atoms with van der Waals surface area (Å²) in [6.45, 7) is 3.01. The van der Waals surface area contributed by atoms with Crippen LogP contribution in [0.3, 0.4) is 0 Å². The lowest BCUT2D eigenvalue weighted by Crippen LogP contribution is -2.34. The number of anilines is 2. The second kappa shape index (κ2) is 13.7. The number of thiocarbonyl (C=S) groups is 1. The van der Waals surface area contributed by atoms with Crippen LogP contribution in [0.4, 0.5) is 11.4 Å². The number of nitrogens with one attached hydrogen (secondary N) is 3. The van der Waals surface area contributed by atoms with Gasteiger partial charge in [-0.25, -0.2) is 0 Å². The zero-order valence-electron chi connectivity index (χ0n) is 21.5. The molecule has 0 aromatic heterocycles. The number of hydrogen-bond acceptors (Lipinski definition) is 5. The summed E-state index contributed by atoms with van der Waals surface area (Å²) in [6.07, 6.45) is 0.794. The van der Waals surface area contributed by atoms with Crippen LogP contribution < -0.4 is 25.4 Å². The van der Waals surface area contributed by atoms with E-state index in [1.54, 1.807) is 72.8 Å². The molecule has 8 heteroatoms. The molecule has 0 spiro atoms. The highest BCUT2D eigenvalue weighted by molar-refractivity contribution is 7.80. The van der Waals surface area contributed by atoms with E-state index >= 15 is 0 Å². The molecule has 0 saturated heterocycles. The van der Waals surface area contributed by atoms with Gasteiger partial charge in [-0.05, 0) is 85.4 Å². The molecule has 0 unspecified atom stereocenters. The SMILES string of the molecule is CCOc1ccc(NC(=O)c2ccccc2NC(=S)NC(=O)c2ccc(OCCc3ccccc3)cc2)cc1. The van der Waals surface area contributed by atoms with E-state index in [2.05, 4.69) is 28.1 Å². The Morgan fingerprint density at radius 2 is 1.36 bits per heavy atom. The quantitative estimate of drug-likeness (QED) is 0.212. The van der Waals surface area contributed by atoms with Crippen molar-refractivity contribution in [2.75, 3.05) is 23.8 Å². The first-order valence-corrected chi connectivity index (χ1v) is 12.9. The van der Waals surface area contributed by atoms with Crippen molar-refractivity contribution < 1.29 is 19.1 Å². The van der Waals surface area contributed by atoms with E-state index in [9.17, 15) is 9.59 Å². The average Bonchev–Trinajstić information content (AvgIpc) is 2.95. The Balaban J connectivity index is 1.30. The van der Waals surface area contributed by atoms with Gasteiger partial charge in [-0.3, -0.25) is 14.9 Å². The van der Waals surface area contributed by atoms with Gasteiger partial charge in [0, 0.05) is 17.7 Å². The van der Waals surface area contributed by atoms with Crippen molar-refractivity contribution in [1.82, 2.24) is 5.32 Å². The molecule has 0 bridgehead atoms. The Bertz CT molecular complexity index is 1410. The third-order valence-electron chi connectivity index (χ3n) is 5.69. The van der Waals surface area contributed by atoms with Crippen molar-refractivity contribution in [3.8, 4) is 11.5 Å². The van der Waals surface area contributed by atoms with Gasteiger partial charge >= 0.3 is 0 Å². The van der Waals surface area contributed by atoms with Crippen LogP contribution in [0.15, 0.2) is 103 Å². The lowest BCUT2D eigenvalue weighted by Gasteiger charge is -2.14. The molecule has 3 N–H and O–H groups in total. The number of benzene rings is 4. The lowest BCUT2D eigenvalue weighted by molar-refractivity contribution is 0.0976. The molecule has 4 aromatic rings. The molecule has 39 heavy (non-hydrogen) atoms. The number of hydrogen-bond donors (Lipinski definition) is 3. The highest BCUT2D eigenvalue weighted by Crippen LogP contribution is 2.20. The molecule has 0 aliphatic rings. The van der Waals surface area contributed by atoms with Gasteiger partial charge in [0.05, 0.1) is 24.5 Å². The van der Waals surface area contributed by atoms with Crippen LogP contribution in [0.1, 0.15) is 33.2 Å². The Kier molecular flexibility index (Phi) is 9.63. The highest BCUT2D eigenvalue weighted by Gasteiger charge is 2.14. The summed E-state index contributed by atoms with van der Waals surface area (Å²) < 4.78 is 11.2. The van der Waals surface area contributed by atoms with Gasteiger partial charge in [0.2, 0.25) is 0 Å². The van der Waals surface area contributed by atoms with Crippen LogP contribution in [-0.2, 0) is 6.42 Å². The minimum Gasteiger partial charge on any atom is -0.494 e. The van der Waals surface area contributed by atoms with Crippen LogP contribution in [0.2, 0.25) is 0 Å². The normalized spacial score (nSPS) is 10.3. The largest absolute Gasteiger partial charge is 0.494 e. The maximum Gasteiger partial charge on any atom is 0.257 e. The van der Waals surface area contributed by atoms with Crippen LogP contribution in [0.25, 0.3) is 0 Å². The molecule has 4 rings (SSSR count). The summed E-state index contributed by atoms with van der Waals surface area (Å²) in [5, 5.41) is 8.54. The zero-order chi connectivity index (χ0) is 27.5. The molecule has 0 heterocycles. The van der Waals surface area contributed by atoms with Gasteiger partial charge in [-0.15, -0.1) is 0 Å². The summed E-state index contributed by atoms with van der Waals surface area (Å²) in [5.74, 6) is 0.707. The molecular weight excluding hydrogens is 510 g/mol. The minimum atomic E-state index is -0.375. The molecule has 0 saturated carbocycles. The molecule has 0 aliphatic heterocycles. The summed E-state index contributed by atoms with van der Waals surface area (Å²) in [5.41, 5.74) is 3.09. The van der Waals surface area contributed by atoms with Gasteiger partial charge in [0.1, 0.15) is 11.5 Å². The lowest BCUT2D eigenvalue weighted by atomic mass is 10.1. The van der Waals surface area contributed by atoms with Crippen LogP contribution in [0.5, 0.6) is 11.5 Å². The van der Waals surface area contributed by atoms with Crippen LogP contribution in [-0.4, -0.2) is 30.1 Å². The summed E-state index contributed by atoms with van der Waals surface area (Å²) >= 11 is 5.34. The Morgan fingerprint density at radius 3 is 2.08 bits per heavy atom. The Labute approximate surface area is 233 Å². The molecule has 0 atom stereocenters. The fraction of sp³-hybridized carbons (Fsp3) is 0.129. The van der Waals surface area contributed by atoms with Crippen LogP contribution >= 0.6 is 12.2 Å². The number of ether oxygens (including phenoxy) is 2. The number of rotatable bonds is 10. The monoisotopic (exact) mass is 539 g/mol. The Morgan fingerprint density at radius 1 is 0.718 bits per heavy atom. The first-order chi connectivity index (χ1) is 19.0. The topological polar surface area (TPSA) is 88.7 Å². The molecule has 7 nitrogen and oxygen atoms in total. The van der Waals surface area contributed by atoms with E-state index in [1.807, 2.05) is 25.1 Å². The smallest absolute Gasteiger partial charge is 0.257 e. The summed E-state index contributed by atoms with van der Waals surface area (Å²) in [7, 11) is 0. The van der Waals surface area contributed by atoms with Crippen LogP contribution in [0, 0.1) is 0 Å². The number of para-hydroxylation sites is 1. The fourth-order valence-corrected chi connectivity index (χ4v) is 3.96. The number of amides is 2. The molecular formula is C31H29N3O4S. The summed E-state index contributed by atoms with van der Waals surface area (Å²) in [6, 6.07) is 31.0. The van der Waals surface area contributed by atoms with Gasteiger partial charge in [0.25, 0.3) is 11.8 Å². The molecule has 2 amide bonds. The Hall–Kier alpha value is -4.69. The van der Waals surface area contributed by atoms with Crippen molar-refractivity contribution in [2.45, 2.75) is 13.3 Å². The van der Waals surface area contributed by atoms with Crippen molar-refractivity contribution in [1.29, 1.82) is 0 Å². The van der Waals surface area contributed by atoms with Gasteiger partial charge in [0.15, 0.2) is 5.11 Å². The predicted molar refractivity (Wildman–Crippen MR) is 158 cm³/mol. The van der Waals surface area contributed by atoms with Gasteiger partial charge in [-0.2, -0.15) is 0 Å². The van der Waals surface area contributed by atoms with Crippen molar-refractivity contribution >= 4 is 40.5 Å². The van der Waals surface area contributed by atoms with E-state index in [-0.39, 0.29) is 16.9 Å². The first-order valence-electron chi connectivity index (χ1n) is 12.5. The van der Waals surface area contributed by atoms with Gasteiger partial charge in [-0.1, -0.05) is 42.5 Å². The number of carbonyl (C=O) groups excluding carboxylic acids is 2. The summed E-state index contributed by atoms with van der Waals surface area (Å²) in [4.78, 5) is 25.7. The third kappa shape index (κ3) is 8.15. The maximum atomic E-state index is 12.9. The zero-order valence-corrected chi connectivity index (χ0v) is 22.3. The molecule has 0 radical (unpaired) electrons. The van der Waals surface area contributed by atoms with E-state index in [1.165, 1.54) is 5.56 Å². The van der Waals surface area contributed by atoms with Crippen molar-refractivity contribution in [3.05, 3.63) is 120 Å². The highest BCUT2D eigenvalue weighted by atomic mass is 32.1. The average molecular weight is 540 g/mol. The van der Waals surface area contributed by atoms with E-state index in [4.69, 9.17) is 21.7 Å². The first kappa shape index (κ1) is 27.3. The van der Waals surface area contributed by atoms with E-state index < -0.39 is 0 Å². The molecule has 0 aliphatic carbocycles. The van der Waals surface area contributed by atoms with E-state index in [0.29, 0.717) is 41.5 Å². The third-order valence-corrected chi connectivity index (χ3v) is 5.89. The van der Waals surface area contributed by atoms with Crippen molar-refractivity contribution in [2.24, 2.45) is 0 Å².